The number of carbonyl (C=O) groups is 1. The maximum absolute atomic E-state index is 13.7. The van der Waals surface area contributed by atoms with Crippen LogP contribution in [0.3, 0.4) is 0 Å². The number of hydrogen-bond donors (Lipinski definition) is 2. The lowest BCUT2D eigenvalue weighted by Gasteiger charge is -2.41. The van der Waals surface area contributed by atoms with Crippen molar-refractivity contribution in [2.45, 2.75) is 38.1 Å². The van der Waals surface area contributed by atoms with Crippen molar-refractivity contribution in [2.75, 3.05) is 36.4 Å². The van der Waals surface area contributed by atoms with Crippen molar-refractivity contribution in [3.63, 3.8) is 0 Å². The smallest absolute Gasteiger partial charge is 0.261 e. The summed E-state index contributed by atoms with van der Waals surface area (Å²) in [5.41, 5.74) is 0.658. The Kier molecular flexibility index (Phi) is 7.06. The number of thiophene rings is 1. The van der Waals surface area contributed by atoms with Crippen LogP contribution in [0.5, 0.6) is 5.75 Å². The van der Waals surface area contributed by atoms with Crippen molar-refractivity contribution in [3.05, 3.63) is 46.0 Å². The van der Waals surface area contributed by atoms with Crippen LogP contribution in [0.4, 0.5) is 14.5 Å². The lowest BCUT2D eigenvalue weighted by Crippen LogP contribution is -2.50. The normalized spacial score (nSPS) is 17.8. The zero-order valence-electron chi connectivity index (χ0n) is 18.6. The number of benzene rings is 1. The fraction of sp³-hybridized carbons (Fsp3) is 0.417. The molecule has 6 nitrogen and oxygen atoms in total. The fourth-order valence-electron chi connectivity index (χ4n) is 4.78. The molecule has 2 aliphatic rings. The summed E-state index contributed by atoms with van der Waals surface area (Å²) in [4.78, 5) is 23.3. The van der Waals surface area contributed by atoms with Gasteiger partial charge in [0.1, 0.15) is 10.7 Å². The van der Waals surface area contributed by atoms with Gasteiger partial charge in [-0.15, -0.1) is 11.3 Å². The van der Waals surface area contributed by atoms with Gasteiger partial charge in [-0.25, -0.2) is 9.37 Å². The van der Waals surface area contributed by atoms with Crippen LogP contribution in [0.25, 0.3) is 10.6 Å². The SMILES string of the molecule is O=C(Nc1nc(-c2cc(Cl)cs2)c(N2CCN(C3CCCCC3)CC2)s1)c1cccc(F)c1O. The van der Waals surface area contributed by atoms with Crippen LogP contribution < -0.4 is 10.2 Å². The first-order valence-corrected chi connectivity index (χ1v) is 13.6. The van der Waals surface area contributed by atoms with E-state index in [0.717, 1.165) is 47.8 Å². The topological polar surface area (TPSA) is 68.7 Å². The van der Waals surface area contributed by atoms with Gasteiger partial charge in [0.25, 0.3) is 5.91 Å². The van der Waals surface area contributed by atoms with Crippen molar-refractivity contribution in [3.8, 4) is 16.3 Å². The van der Waals surface area contributed by atoms with E-state index in [2.05, 4.69) is 15.1 Å². The summed E-state index contributed by atoms with van der Waals surface area (Å²) < 4.78 is 13.7. The average molecular weight is 521 g/mol. The summed E-state index contributed by atoms with van der Waals surface area (Å²) >= 11 is 9.09. The van der Waals surface area contributed by atoms with Gasteiger partial charge in [0.05, 0.1) is 15.5 Å². The third kappa shape index (κ3) is 4.93. The van der Waals surface area contributed by atoms with Gasteiger partial charge in [0.2, 0.25) is 0 Å². The minimum atomic E-state index is -0.836. The van der Waals surface area contributed by atoms with E-state index in [0.29, 0.717) is 16.2 Å². The highest BCUT2D eigenvalue weighted by Crippen LogP contribution is 2.42. The second kappa shape index (κ2) is 10.2. The van der Waals surface area contributed by atoms with E-state index in [1.807, 2.05) is 11.4 Å². The molecule has 5 rings (SSSR count). The third-order valence-electron chi connectivity index (χ3n) is 6.55. The Hall–Kier alpha value is -2.20. The Labute approximate surface area is 211 Å². The molecule has 2 aromatic heterocycles. The maximum atomic E-state index is 13.7. The maximum Gasteiger partial charge on any atom is 0.261 e. The molecule has 3 aromatic rings. The number of halogens is 2. The number of aromatic hydroxyl groups is 1. The van der Waals surface area contributed by atoms with Crippen molar-refractivity contribution in [1.82, 2.24) is 9.88 Å². The number of hydrogen-bond acceptors (Lipinski definition) is 7. The van der Waals surface area contributed by atoms with E-state index >= 15 is 0 Å². The van der Waals surface area contributed by atoms with Gasteiger partial charge in [-0.05, 0) is 31.0 Å². The lowest BCUT2D eigenvalue weighted by molar-refractivity contribution is 0.102. The molecule has 0 atom stereocenters. The molecule has 1 amide bonds. The first-order valence-electron chi connectivity index (χ1n) is 11.5. The fourth-order valence-corrected chi connectivity index (χ4v) is 6.93. The molecule has 0 bridgehead atoms. The second-order valence-electron chi connectivity index (χ2n) is 8.71. The third-order valence-corrected chi connectivity index (χ3v) is 8.87. The van der Waals surface area contributed by atoms with Crippen LogP contribution in [0.2, 0.25) is 5.02 Å². The Morgan fingerprint density at radius 1 is 1.18 bits per heavy atom. The van der Waals surface area contributed by atoms with Crippen molar-refractivity contribution < 1.29 is 14.3 Å². The highest BCUT2D eigenvalue weighted by molar-refractivity contribution is 7.21. The molecule has 1 saturated heterocycles. The number of nitrogens with zero attached hydrogens (tertiary/aromatic N) is 3. The number of phenols is 1. The van der Waals surface area contributed by atoms with E-state index < -0.39 is 17.5 Å². The molecule has 1 aliphatic heterocycles. The summed E-state index contributed by atoms with van der Waals surface area (Å²) in [5.74, 6) is -2.10. The largest absolute Gasteiger partial charge is 0.504 e. The zero-order chi connectivity index (χ0) is 23.7. The molecule has 10 heteroatoms. The highest BCUT2D eigenvalue weighted by atomic mass is 35.5. The van der Waals surface area contributed by atoms with Crippen LogP contribution in [-0.2, 0) is 0 Å². The van der Waals surface area contributed by atoms with Gasteiger partial charge in [-0.1, -0.05) is 48.3 Å². The van der Waals surface area contributed by atoms with Crippen molar-refractivity contribution >= 4 is 50.3 Å². The number of amides is 1. The molecule has 0 spiro atoms. The monoisotopic (exact) mass is 520 g/mol. The van der Waals surface area contributed by atoms with Crippen LogP contribution in [0.15, 0.2) is 29.6 Å². The number of nitrogens with one attached hydrogen (secondary N) is 1. The lowest BCUT2D eigenvalue weighted by atomic mass is 9.94. The summed E-state index contributed by atoms with van der Waals surface area (Å²) in [6, 6.07) is 6.46. The number of anilines is 2. The number of carbonyl (C=O) groups excluding carboxylic acids is 1. The van der Waals surface area contributed by atoms with Crippen molar-refractivity contribution in [1.29, 1.82) is 0 Å². The molecule has 2 N–H and O–H groups in total. The summed E-state index contributed by atoms with van der Waals surface area (Å²) in [6.45, 7) is 3.80. The van der Waals surface area contributed by atoms with Gasteiger partial charge >= 0.3 is 0 Å². The van der Waals surface area contributed by atoms with Gasteiger partial charge in [-0.3, -0.25) is 15.0 Å². The number of thiazole rings is 1. The first kappa shape index (κ1) is 23.5. The van der Waals surface area contributed by atoms with E-state index in [1.54, 1.807) is 0 Å². The van der Waals surface area contributed by atoms with Gasteiger partial charge in [-0.2, -0.15) is 0 Å². The Balaban J connectivity index is 1.37. The molecule has 0 radical (unpaired) electrons. The molecule has 2 fully saturated rings. The number of phenolic OH excluding ortho intramolecular Hbond substituents is 1. The van der Waals surface area contributed by atoms with Gasteiger partial charge in [0.15, 0.2) is 16.7 Å². The number of aromatic nitrogens is 1. The molecule has 3 heterocycles. The van der Waals surface area contributed by atoms with Crippen LogP contribution in [-0.4, -0.2) is 53.1 Å². The Morgan fingerprint density at radius 2 is 1.94 bits per heavy atom. The quantitative estimate of drug-likeness (QED) is 0.427. The molecular formula is C24H26ClFN4O2S2. The Bertz CT molecular complexity index is 1170. The minimum absolute atomic E-state index is 0.126. The van der Waals surface area contributed by atoms with Gasteiger partial charge < -0.3 is 10.0 Å². The highest BCUT2D eigenvalue weighted by Gasteiger charge is 2.28. The van der Waals surface area contributed by atoms with Crippen molar-refractivity contribution in [2.24, 2.45) is 0 Å². The summed E-state index contributed by atoms with van der Waals surface area (Å²) in [6.07, 6.45) is 6.59. The first-order chi connectivity index (χ1) is 16.5. The van der Waals surface area contributed by atoms with Gasteiger partial charge in [0, 0.05) is 37.6 Å². The molecule has 1 saturated carbocycles. The number of piperazine rings is 1. The summed E-state index contributed by atoms with van der Waals surface area (Å²) in [5, 5.41) is 16.6. The minimum Gasteiger partial charge on any atom is -0.504 e. The second-order valence-corrected chi connectivity index (χ2v) is 11.0. The molecular weight excluding hydrogens is 495 g/mol. The molecule has 34 heavy (non-hydrogen) atoms. The van der Waals surface area contributed by atoms with E-state index in [1.165, 1.54) is 66.9 Å². The van der Waals surface area contributed by atoms with E-state index in [4.69, 9.17) is 16.6 Å². The number of rotatable bonds is 5. The predicted molar refractivity (Wildman–Crippen MR) is 137 cm³/mol. The standard InChI is InChI=1S/C24H26ClFN4O2S2/c25-15-13-19(33-14-15)20-23(30-11-9-29(10-12-30)16-5-2-1-3-6-16)34-24(27-20)28-22(32)17-7-4-8-18(26)21(17)31/h4,7-8,13-14,16,31H,1-3,5-6,9-12H2,(H,27,28,32). The van der Waals surface area contributed by atoms with E-state index in [9.17, 15) is 14.3 Å². The molecule has 180 valence electrons. The van der Waals surface area contributed by atoms with Crippen LogP contribution in [0.1, 0.15) is 42.5 Å². The Morgan fingerprint density at radius 3 is 2.65 bits per heavy atom. The van der Waals surface area contributed by atoms with Crippen LogP contribution >= 0.6 is 34.3 Å². The molecule has 1 aliphatic carbocycles. The van der Waals surface area contributed by atoms with Crippen LogP contribution in [0, 0.1) is 5.82 Å². The number of para-hydroxylation sites is 1. The molecule has 1 aromatic carbocycles. The zero-order valence-corrected chi connectivity index (χ0v) is 21.0. The average Bonchev–Trinajstić information content (AvgIpc) is 3.47. The van der Waals surface area contributed by atoms with E-state index in [-0.39, 0.29) is 5.56 Å². The predicted octanol–water partition coefficient (Wildman–Crippen LogP) is 6.08. The molecule has 0 unspecified atom stereocenters. The summed E-state index contributed by atoms with van der Waals surface area (Å²) in [7, 11) is 0.